The molecule has 4 N–H and O–H groups in total. The molecule has 2 rings (SSSR count). The van der Waals surface area contributed by atoms with E-state index < -0.39 is 5.91 Å². The van der Waals surface area contributed by atoms with Gasteiger partial charge in [-0.2, -0.15) is 5.10 Å². The first-order valence-electron chi connectivity index (χ1n) is 8.07. The van der Waals surface area contributed by atoms with Crippen molar-refractivity contribution in [3.63, 3.8) is 0 Å². The summed E-state index contributed by atoms with van der Waals surface area (Å²) in [6.07, 6.45) is 0.00872. The van der Waals surface area contributed by atoms with Gasteiger partial charge in [0.1, 0.15) is 11.5 Å². The molecule has 0 bridgehead atoms. The number of aryl methyl sites for hydroxylation is 1. The summed E-state index contributed by atoms with van der Waals surface area (Å²) in [4.78, 5) is 23.7. The topological polar surface area (TPSA) is 111 Å². The number of hydrogen-bond donors (Lipinski definition) is 4. The number of nitrogens with zero attached hydrogens (tertiary/aromatic N) is 1. The lowest BCUT2D eigenvalue weighted by Gasteiger charge is -2.07. The number of aromatic hydroxyl groups is 2. The molecule has 7 heteroatoms. The minimum absolute atomic E-state index is 0.0179. The zero-order chi connectivity index (χ0) is 19.1. The first-order chi connectivity index (χ1) is 12.3. The molecular formula is C19H21N3O4. The Labute approximate surface area is 151 Å². The summed E-state index contributed by atoms with van der Waals surface area (Å²) in [5.74, 6) is -0.884. The van der Waals surface area contributed by atoms with Gasteiger partial charge in [0.2, 0.25) is 11.8 Å². The molecule has 0 spiro atoms. The van der Waals surface area contributed by atoms with E-state index in [4.69, 9.17) is 0 Å². The third-order valence-corrected chi connectivity index (χ3v) is 3.60. The number of hydrazone groups is 1. The average Bonchev–Trinajstić information content (AvgIpc) is 2.58. The van der Waals surface area contributed by atoms with Crippen molar-refractivity contribution in [2.24, 2.45) is 5.10 Å². The molecule has 0 radical (unpaired) electrons. The van der Waals surface area contributed by atoms with Crippen LogP contribution < -0.4 is 10.7 Å². The maximum atomic E-state index is 11.9. The summed E-state index contributed by atoms with van der Waals surface area (Å²) < 4.78 is 0. The lowest BCUT2D eigenvalue weighted by atomic mass is 10.1. The largest absolute Gasteiger partial charge is 0.508 e. The summed E-state index contributed by atoms with van der Waals surface area (Å²) in [6, 6.07) is 11.5. The second-order valence-electron chi connectivity index (χ2n) is 5.85. The zero-order valence-electron chi connectivity index (χ0n) is 14.6. The Hall–Kier alpha value is -3.35. The number of hydrogen-bond acceptors (Lipinski definition) is 5. The lowest BCUT2D eigenvalue weighted by molar-refractivity contribution is -0.124. The molecule has 0 atom stereocenters. The highest BCUT2D eigenvalue weighted by Crippen LogP contribution is 2.22. The second-order valence-corrected chi connectivity index (χ2v) is 5.85. The van der Waals surface area contributed by atoms with Crippen LogP contribution in [-0.2, 0) is 9.59 Å². The minimum atomic E-state index is -0.415. The van der Waals surface area contributed by atoms with E-state index in [0.29, 0.717) is 17.0 Å². The Morgan fingerprint density at radius 1 is 1.04 bits per heavy atom. The van der Waals surface area contributed by atoms with Crippen molar-refractivity contribution >= 4 is 23.2 Å². The smallest absolute Gasteiger partial charge is 0.240 e. The Morgan fingerprint density at radius 2 is 1.77 bits per heavy atom. The van der Waals surface area contributed by atoms with Crippen molar-refractivity contribution < 1.29 is 19.8 Å². The molecule has 0 aliphatic rings. The maximum absolute atomic E-state index is 11.9. The summed E-state index contributed by atoms with van der Waals surface area (Å²) >= 11 is 0. The van der Waals surface area contributed by atoms with E-state index in [2.05, 4.69) is 15.8 Å². The molecule has 7 nitrogen and oxygen atoms in total. The van der Waals surface area contributed by atoms with Crippen LogP contribution in [0.15, 0.2) is 47.6 Å². The molecule has 0 saturated heterocycles. The molecule has 0 aromatic heterocycles. The molecule has 136 valence electrons. The highest BCUT2D eigenvalue weighted by Gasteiger charge is 2.09. The van der Waals surface area contributed by atoms with Crippen LogP contribution in [0.4, 0.5) is 5.69 Å². The molecule has 2 aromatic rings. The second kappa shape index (κ2) is 8.66. The first-order valence-corrected chi connectivity index (χ1v) is 8.07. The third-order valence-electron chi connectivity index (χ3n) is 3.60. The first kappa shape index (κ1) is 19.0. The van der Waals surface area contributed by atoms with Gasteiger partial charge in [-0.15, -0.1) is 0 Å². The summed E-state index contributed by atoms with van der Waals surface area (Å²) in [5.41, 5.74) is 4.83. The molecule has 26 heavy (non-hydrogen) atoms. The van der Waals surface area contributed by atoms with E-state index in [1.165, 1.54) is 18.2 Å². The lowest BCUT2D eigenvalue weighted by Crippen LogP contribution is -2.21. The van der Waals surface area contributed by atoms with Crippen LogP contribution in [0, 0.1) is 6.92 Å². The van der Waals surface area contributed by atoms with Gasteiger partial charge in [0.25, 0.3) is 0 Å². The number of rotatable bonds is 6. The zero-order valence-corrected chi connectivity index (χ0v) is 14.6. The van der Waals surface area contributed by atoms with Crippen molar-refractivity contribution in [3.05, 3.63) is 53.6 Å². The van der Waals surface area contributed by atoms with Gasteiger partial charge in [-0.25, -0.2) is 5.43 Å². The number of carbonyl (C=O) groups is 2. The Kier molecular flexibility index (Phi) is 6.32. The highest BCUT2D eigenvalue weighted by molar-refractivity contribution is 6.01. The quantitative estimate of drug-likeness (QED) is 0.471. The van der Waals surface area contributed by atoms with E-state index >= 15 is 0 Å². The van der Waals surface area contributed by atoms with Gasteiger partial charge in [-0.3, -0.25) is 9.59 Å². The average molecular weight is 355 g/mol. The van der Waals surface area contributed by atoms with E-state index in [0.717, 1.165) is 5.56 Å². The number of phenolic OH excluding ortho intramolecular Hbond substituents is 2. The maximum Gasteiger partial charge on any atom is 0.240 e. The fourth-order valence-electron chi connectivity index (χ4n) is 2.26. The molecule has 0 fully saturated rings. The fourth-order valence-corrected chi connectivity index (χ4v) is 2.26. The molecule has 0 heterocycles. The Bertz CT molecular complexity index is 846. The summed E-state index contributed by atoms with van der Waals surface area (Å²) in [6.45, 7) is 3.53. The molecule has 0 aliphatic heterocycles. The van der Waals surface area contributed by atoms with Gasteiger partial charge in [0, 0.05) is 30.2 Å². The van der Waals surface area contributed by atoms with Gasteiger partial charge in [-0.1, -0.05) is 12.1 Å². The third kappa shape index (κ3) is 5.62. The molecule has 2 aromatic carbocycles. The van der Waals surface area contributed by atoms with Gasteiger partial charge in [0.15, 0.2) is 0 Å². The molecule has 0 unspecified atom stereocenters. The number of anilines is 1. The normalized spacial score (nSPS) is 11.1. The highest BCUT2D eigenvalue weighted by atomic mass is 16.3. The van der Waals surface area contributed by atoms with Crippen molar-refractivity contribution in [1.29, 1.82) is 0 Å². The van der Waals surface area contributed by atoms with E-state index in [1.807, 2.05) is 25.1 Å². The van der Waals surface area contributed by atoms with Crippen molar-refractivity contribution in [2.75, 3.05) is 5.32 Å². The molecule has 2 amide bonds. The van der Waals surface area contributed by atoms with Crippen LogP contribution in [0.2, 0.25) is 0 Å². The van der Waals surface area contributed by atoms with Crippen LogP contribution in [0.3, 0.4) is 0 Å². The van der Waals surface area contributed by atoms with E-state index in [9.17, 15) is 19.8 Å². The van der Waals surface area contributed by atoms with Crippen LogP contribution in [0.1, 0.15) is 30.9 Å². The Balaban J connectivity index is 1.83. The van der Waals surface area contributed by atoms with Crippen molar-refractivity contribution in [2.45, 2.75) is 26.7 Å². The minimum Gasteiger partial charge on any atom is -0.508 e. The molecular weight excluding hydrogens is 334 g/mol. The number of nitrogens with one attached hydrogen (secondary N) is 2. The summed E-state index contributed by atoms with van der Waals surface area (Å²) in [7, 11) is 0. The van der Waals surface area contributed by atoms with Crippen LogP contribution >= 0.6 is 0 Å². The number of benzene rings is 2. The van der Waals surface area contributed by atoms with Crippen LogP contribution in [0.5, 0.6) is 11.5 Å². The van der Waals surface area contributed by atoms with Gasteiger partial charge >= 0.3 is 0 Å². The monoisotopic (exact) mass is 355 g/mol. The standard InChI is InChI=1S/C19H21N3O4/c1-12-4-3-5-14(10-12)20-18(25)8-9-19(26)22-21-13(2)16-7-6-15(23)11-17(16)24/h3-7,10-11,23-24H,8-9H2,1-2H3,(H,20,25)(H,22,26)/b21-13+. The van der Waals surface area contributed by atoms with Gasteiger partial charge < -0.3 is 15.5 Å². The number of carbonyl (C=O) groups excluding carboxylic acids is 2. The number of amides is 2. The number of phenols is 2. The van der Waals surface area contributed by atoms with Crippen LogP contribution in [0.25, 0.3) is 0 Å². The summed E-state index contributed by atoms with van der Waals surface area (Å²) in [5, 5.41) is 25.7. The van der Waals surface area contributed by atoms with Crippen molar-refractivity contribution in [3.8, 4) is 11.5 Å². The SMILES string of the molecule is C/C(=N\NC(=O)CCC(=O)Nc1cccc(C)c1)c1ccc(O)cc1O. The van der Waals surface area contributed by atoms with E-state index in [1.54, 1.807) is 13.0 Å². The fraction of sp³-hybridized carbons (Fsp3) is 0.211. The Morgan fingerprint density at radius 3 is 2.46 bits per heavy atom. The molecule has 0 aliphatic carbocycles. The van der Waals surface area contributed by atoms with Crippen molar-refractivity contribution in [1.82, 2.24) is 5.43 Å². The predicted molar refractivity (Wildman–Crippen MR) is 99.2 cm³/mol. The van der Waals surface area contributed by atoms with Crippen LogP contribution in [-0.4, -0.2) is 27.7 Å². The predicted octanol–water partition coefficient (Wildman–Crippen LogP) is 2.67. The van der Waals surface area contributed by atoms with E-state index in [-0.39, 0.29) is 30.2 Å². The van der Waals surface area contributed by atoms with Gasteiger partial charge in [0.05, 0.1) is 5.71 Å². The molecule has 0 saturated carbocycles. The van der Waals surface area contributed by atoms with Gasteiger partial charge in [-0.05, 0) is 43.7 Å².